The van der Waals surface area contributed by atoms with Gasteiger partial charge in [0.05, 0.1) is 0 Å². The van der Waals surface area contributed by atoms with Crippen LogP contribution in [0.5, 0.6) is 0 Å². The van der Waals surface area contributed by atoms with Gasteiger partial charge in [0.25, 0.3) is 0 Å². The quantitative estimate of drug-likeness (QED) is 0.803. The van der Waals surface area contributed by atoms with Crippen LogP contribution in [0.1, 0.15) is 52.4 Å². The van der Waals surface area contributed by atoms with Crippen molar-refractivity contribution >= 4 is 27.6 Å². The predicted molar refractivity (Wildman–Crippen MR) is 88.2 cm³/mol. The van der Waals surface area contributed by atoms with Crippen molar-refractivity contribution in [3.63, 3.8) is 0 Å². The van der Waals surface area contributed by atoms with E-state index in [0.29, 0.717) is 6.04 Å². The molecule has 2 N–H and O–H groups in total. The molecule has 1 aromatic heterocycles. The minimum atomic E-state index is 0.545. The standard InChI is InChI=1S/C15H25BrN4/c1-3-5-11-6-8-12(9-7-11)20-15-13(16)14(17-4-2)18-10-19-15/h10-12H,3-9H2,1-2H3,(H2,17,18,19,20). The van der Waals surface area contributed by atoms with Crippen molar-refractivity contribution in [2.45, 2.75) is 58.4 Å². The second-order valence-corrected chi connectivity index (χ2v) is 6.36. The third kappa shape index (κ3) is 4.08. The second kappa shape index (κ2) is 7.81. The lowest BCUT2D eigenvalue weighted by molar-refractivity contribution is 0.318. The monoisotopic (exact) mass is 340 g/mol. The topological polar surface area (TPSA) is 49.8 Å². The van der Waals surface area contributed by atoms with E-state index in [0.717, 1.165) is 28.6 Å². The van der Waals surface area contributed by atoms with Gasteiger partial charge in [0.2, 0.25) is 0 Å². The Labute approximate surface area is 130 Å². The molecule has 4 nitrogen and oxygen atoms in total. The number of rotatable bonds is 6. The van der Waals surface area contributed by atoms with Gasteiger partial charge in [-0.25, -0.2) is 9.97 Å². The number of aromatic nitrogens is 2. The molecular formula is C15H25BrN4. The summed E-state index contributed by atoms with van der Waals surface area (Å²) >= 11 is 3.60. The van der Waals surface area contributed by atoms with Gasteiger partial charge in [-0.05, 0) is 54.5 Å². The number of anilines is 2. The number of nitrogens with one attached hydrogen (secondary N) is 2. The number of hydrogen-bond donors (Lipinski definition) is 2. The molecule has 20 heavy (non-hydrogen) atoms. The van der Waals surface area contributed by atoms with E-state index in [1.807, 2.05) is 0 Å². The smallest absolute Gasteiger partial charge is 0.146 e. The predicted octanol–water partition coefficient (Wildman–Crippen LogP) is 4.44. The number of halogens is 1. The molecule has 0 unspecified atom stereocenters. The van der Waals surface area contributed by atoms with E-state index in [1.165, 1.54) is 38.5 Å². The minimum absolute atomic E-state index is 0.545. The van der Waals surface area contributed by atoms with Crippen LogP contribution in [0, 0.1) is 5.92 Å². The Morgan fingerprint density at radius 3 is 2.50 bits per heavy atom. The largest absolute Gasteiger partial charge is 0.369 e. The average Bonchev–Trinajstić information content (AvgIpc) is 2.46. The van der Waals surface area contributed by atoms with Gasteiger partial charge in [0, 0.05) is 12.6 Å². The highest BCUT2D eigenvalue weighted by atomic mass is 79.9. The minimum Gasteiger partial charge on any atom is -0.369 e. The van der Waals surface area contributed by atoms with Crippen molar-refractivity contribution in [1.29, 1.82) is 0 Å². The molecule has 1 aromatic rings. The molecule has 0 atom stereocenters. The highest BCUT2D eigenvalue weighted by molar-refractivity contribution is 9.10. The Hall–Kier alpha value is -0.840. The van der Waals surface area contributed by atoms with Gasteiger partial charge in [-0.1, -0.05) is 19.8 Å². The summed E-state index contributed by atoms with van der Waals surface area (Å²) in [6.45, 7) is 5.21. The first-order valence-electron chi connectivity index (χ1n) is 7.75. The fourth-order valence-corrected chi connectivity index (χ4v) is 3.42. The van der Waals surface area contributed by atoms with E-state index in [9.17, 15) is 0 Å². The molecule has 0 aromatic carbocycles. The van der Waals surface area contributed by atoms with Crippen molar-refractivity contribution in [3.8, 4) is 0 Å². The fraction of sp³-hybridized carbons (Fsp3) is 0.733. The maximum Gasteiger partial charge on any atom is 0.146 e. The molecule has 0 bridgehead atoms. The summed E-state index contributed by atoms with van der Waals surface area (Å²) in [7, 11) is 0. The zero-order chi connectivity index (χ0) is 14.4. The summed E-state index contributed by atoms with van der Waals surface area (Å²) < 4.78 is 0.942. The molecular weight excluding hydrogens is 316 g/mol. The molecule has 0 aliphatic heterocycles. The van der Waals surface area contributed by atoms with E-state index in [2.05, 4.69) is 50.4 Å². The summed E-state index contributed by atoms with van der Waals surface area (Å²) in [5.74, 6) is 2.71. The van der Waals surface area contributed by atoms with Crippen molar-refractivity contribution in [2.24, 2.45) is 5.92 Å². The zero-order valence-electron chi connectivity index (χ0n) is 12.5. The third-order valence-corrected chi connectivity index (χ3v) is 4.77. The van der Waals surface area contributed by atoms with Gasteiger partial charge in [-0.2, -0.15) is 0 Å². The van der Waals surface area contributed by atoms with Crippen LogP contribution in [0.4, 0.5) is 11.6 Å². The van der Waals surface area contributed by atoms with Crippen molar-refractivity contribution in [1.82, 2.24) is 9.97 Å². The Balaban J connectivity index is 1.92. The Morgan fingerprint density at radius 2 is 1.85 bits per heavy atom. The lowest BCUT2D eigenvalue weighted by atomic mass is 9.83. The molecule has 1 aliphatic rings. The lowest BCUT2D eigenvalue weighted by Gasteiger charge is -2.29. The molecule has 0 radical (unpaired) electrons. The van der Waals surface area contributed by atoms with Gasteiger partial charge in [0.15, 0.2) is 0 Å². The molecule has 1 saturated carbocycles. The van der Waals surface area contributed by atoms with E-state index in [1.54, 1.807) is 6.33 Å². The molecule has 0 saturated heterocycles. The van der Waals surface area contributed by atoms with E-state index in [-0.39, 0.29) is 0 Å². The summed E-state index contributed by atoms with van der Waals surface area (Å²) in [4.78, 5) is 8.61. The number of hydrogen-bond acceptors (Lipinski definition) is 4. The lowest BCUT2D eigenvalue weighted by Crippen LogP contribution is -2.26. The Morgan fingerprint density at radius 1 is 1.15 bits per heavy atom. The molecule has 2 rings (SSSR count). The van der Waals surface area contributed by atoms with Crippen LogP contribution in [0.25, 0.3) is 0 Å². The van der Waals surface area contributed by atoms with Crippen molar-refractivity contribution < 1.29 is 0 Å². The normalized spacial score (nSPS) is 22.6. The second-order valence-electron chi connectivity index (χ2n) is 5.57. The summed E-state index contributed by atoms with van der Waals surface area (Å²) in [6.07, 6.45) is 9.49. The van der Waals surface area contributed by atoms with Crippen LogP contribution in [0.15, 0.2) is 10.8 Å². The molecule has 1 fully saturated rings. The van der Waals surface area contributed by atoms with E-state index < -0.39 is 0 Å². The SMILES string of the molecule is CCCC1CCC(Nc2ncnc(NCC)c2Br)CC1. The van der Waals surface area contributed by atoms with Crippen LogP contribution in [-0.4, -0.2) is 22.6 Å². The van der Waals surface area contributed by atoms with Gasteiger partial charge >= 0.3 is 0 Å². The van der Waals surface area contributed by atoms with Crippen LogP contribution in [-0.2, 0) is 0 Å². The highest BCUT2D eigenvalue weighted by Gasteiger charge is 2.21. The van der Waals surface area contributed by atoms with Crippen molar-refractivity contribution in [3.05, 3.63) is 10.8 Å². The van der Waals surface area contributed by atoms with Crippen molar-refractivity contribution in [2.75, 3.05) is 17.2 Å². The summed E-state index contributed by atoms with van der Waals surface area (Å²) in [6, 6.07) is 0.545. The van der Waals surface area contributed by atoms with E-state index >= 15 is 0 Å². The molecule has 0 amide bonds. The summed E-state index contributed by atoms with van der Waals surface area (Å²) in [5.41, 5.74) is 0. The van der Waals surface area contributed by atoms with Crippen LogP contribution in [0.3, 0.4) is 0 Å². The van der Waals surface area contributed by atoms with Crippen LogP contribution in [0.2, 0.25) is 0 Å². The fourth-order valence-electron chi connectivity index (χ4n) is 2.96. The van der Waals surface area contributed by atoms with Crippen LogP contribution < -0.4 is 10.6 Å². The van der Waals surface area contributed by atoms with Gasteiger partial charge in [0.1, 0.15) is 22.4 Å². The third-order valence-electron chi connectivity index (χ3n) is 4.02. The van der Waals surface area contributed by atoms with Gasteiger partial charge in [-0.3, -0.25) is 0 Å². The van der Waals surface area contributed by atoms with Gasteiger partial charge in [-0.15, -0.1) is 0 Å². The first-order valence-corrected chi connectivity index (χ1v) is 8.54. The molecule has 0 spiro atoms. The molecule has 1 aliphatic carbocycles. The first-order chi connectivity index (χ1) is 9.74. The maximum absolute atomic E-state index is 4.36. The first kappa shape index (κ1) is 15.5. The Bertz CT molecular complexity index is 416. The van der Waals surface area contributed by atoms with Crippen LogP contribution >= 0.6 is 15.9 Å². The molecule has 1 heterocycles. The Kier molecular flexibility index (Phi) is 6.07. The molecule has 5 heteroatoms. The van der Waals surface area contributed by atoms with E-state index in [4.69, 9.17) is 0 Å². The molecule has 112 valence electrons. The highest BCUT2D eigenvalue weighted by Crippen LogP contribution is 2.32. The maximum atomic E-state index is 4.36. The summed E-state index contributed by atoms with van der Waals surface area (Å²) in [5, 5.41) is 6.81. The van der Waals surface area contributed by atoms with Gasteiger partial charge < -0.3 is 10.6 Å². The average molecular weight is 341 g/mol. The number of nitrogens with zero attached hydrogens (tertiary/aromatic N) is 2. The zero-order valence-corrected chi connectivity index (χ0v) is 14.0.